The zero-order valence-corrected chi connectivity index (χ0v) is 9.92. The van der Waals surface area contributed by atoms with E-state index >= 15 is 0 Å². The number of esters is 1. The van der Waals surface area contributed by atoms with Crippen LogP contribution in [0.15, 0.2) is 0 Å². The van der Waals surface area contributed by atoms with Crippen molar-refractivity contribution in [3.8, 4) is 0 Å². The van der Waals surface area contributed by atoms with E-state index in [4.69, 9.17) is 9.47 Å². The monoisotopic (exact) mass is 202 g/mol. The number of carbonyl (C=O) groups excluding carboxylic acids is 1. The molecule has 0 fully saturated rings. The molecule has 84 valence electrons. The molecule has 0 N–H and O–H groups in total. The molecule has 0 spiro atoms. The predicted molar refractivity (Wildman–Crippen MR) is 56.1 cm³/mol. The molecule has 0 amide bonds. The SMILES string of the molecule is CCOC(=O)C(COC)C(C)(C)CC. The molecule has 0 aliphatic rings. The number of hydrogen-bond donors (Lipinski definition) is 0. The fourth-order valence-corrected chi connectivity index (χ4v) is 1.27. The molecular weight excluding hydrogens is 180 g/mol. The lowest BCUT2D eigenvalue weighted by molar-refractivity contribution is -0.155. The summed E-state index contributed by atoms with van der Waals surface area (Å²) < 4.78 is 10.1. The maximum absolute atomic E-state index is 11.6. The largest absolute Gasteiger partial charge is 0.466 e. The summed E-state index contributed by atoms with van der Waals surface area (Å²) in [4.78, 5) is 11.6. The van der Waals surface area contributed by atoms with Gasteiger partial charge in [0.15, 0.2) is 0 Å². The van der Waals surface area contributed by atoms with Gasteiger partial charge < -0.3 is 9.47 Å². The van der Waals surface area contributed by atoms with Crippen molar-refractivity contribution in [2.75, 3.05) is 20.3 Å². The topological polar surface area (TPSA) is 35.5 Å². The normalized spacial score (nSPS) is 13.8. The van der Waals surface area contributed by atoms with Crippen LogP contribution in [0.3, 0.4) is 0 Å². The van der Waals surface area contributed by atoms with Crippen molar-refractivity contribution >= 4 is 5.97 Å². The smallest absolute Gasteiger partial charge is 0.311 e. The predicted octanol–water partition coefficient (Wildman–Crippen LogP) is 2.25. The summed E-state index contributed by atoms with van der Waals surface area (Å²) in [6.07, 6.45) is 0.930. The summed E-state index contributed by atoms with van der Waals surface area (Å²) in [7, 11) is 1.61. The Labute approximate surface area is 86.8 Å². The van der Waals surface area contributed by atoms with E-state index in [1.807, 2.05) is 6.92 Å². The highest BCUT2D eigenvalue weighted by Gasteiger charge is 2.34. The van der Waals surface area contributed by atoms with Crippen molar-refractivity contribution in [1.29, 1.82) is 0 Å². The average Bonchev–Trinajstić information content (AvgIpc) is 2.14. The lowest BCUT2D eigenvalue weighted by Crippen LogP contribution is -2.35. The molecule has 1 unspecified atom stereocenters. The minimum absolute atomic E-state index is 0.0672. The second-order valence-corrected chi connectivity index (χ2v) is 4.10. The molecular formula is C11H22O3. The third-order valence-electron chi connectivity index (χ3n) is 2.76. The van der Waals surface area contributed by atoms with Crippen LogP contribution < -0.4 is 0 Å². The molecule has 0 aromatic carbocycles. The van der Waals surface area contributed by atoms with E-state index in [-0.39, 0.29) is 17.3 Å². The minimum Gasteiger partial charge on any atom is -0.466 e. The molecule has 0 heterocycles. The van der Waals surface area contributed by atoms with Crippen LogP contribution in [0, 0.1) is 11.3 Å². The van der Waals surface area contributed by atoms with E-state index in [0.29, 0.717) is 13.2 Å². The van der Waals surface area contributed by atoms with Crippen LogP contribution in [-0.4, -0.2) is 26.3 Å². The molecule has 14 heavy (non-hydrogen) atoms. The minimum atomic E-state index is -0.169. The third-order valence-corrected chi connectivity index (χ3v) is 2.76. The maximum Gasteiger partial charge on any atom is 0.311 e. The van der Waals surface area contributed by atoms with E-state index < -0.39 is 0 Å². The van der Waals surface area contributed by atoms with Crippen LogP contribution in [0.5, 0.6) is 0 Å². The van der Waals surface area contributed by atoms with E-state index in [2.05, 4.69) is 20.8 Å². The molecule has 0 saturated heterocycles. The molecule has 0 radical (unpaired) electrons. The van der Waals surface area contributed by atoms with Crippen molar-refractivity contribution in [3.63, 3.8) is 0 Å². The quantitative estimate of drug-likeness (QED) is 0.620. The van der Waals surface area contributed by atoms with Crippen LogP contribution in [-0.2, 0) is 14.3 Å². The first-order valence-corrected chi connectivity index (χ1v) is 5.15. The van der Waals surface area contributed by atoms with E-state index in [1.54, 1.807) is 7.11 Å². The van der Waals surface area contributed by atoms with Crippen LogP contribution in [0.25, 0.3) is 0 Å². The van der Waals surface area contributed by atoms with Gasteiger partial charge in [0.25, 0.3) is 0 Å². The Bertz CT molecular complexity index is 175. The lowest BCUT2D eigenvalue weighted by atomic mass is 9.77. The highest BCUT2D eigenvalue weighted by atomic mass is 16.5. The fraction of sp³-hybridized carbons (Fsp3) is 0.909. The van der Waals surface area contributed by atoms with Crippen molar-refractivity contribution in [3.05, 3.63) is 0 Å². The van der Waals surface area contributed by atoms with Crippen LogP contribution in [0.4, 0.5) is 0 Å². The average molecular weight is 202 g/mol. The van der Waals surface area contributed by atoms with E-state index in [0.717, 1.165) is 6.42 Å². The molecule has 0 saturated carbocycles. The van der Waals surface area contributed by atoms with Crippen molar-refractivity contribution in [1.82, 2.24) is 0 Å². The summed E-state index contributed by atoms with van der Waals surface area (Å²) in [5.41, 5.74) is -0.0672. The Morgan fingerprint density at radius 3 is 2.29 bits per heavy atom. The summed E-state index contributed by atoms with van der Waals surface area (Å²) in [5.74, 6) is -0.321. The first kappa shape index (κ1) is 13.4. The summed E-state index contributed by atoms with van der Waals surface area (Å²) in [6.45, 7) is 8.88. The molecule has 0 rings (SSSR count). The summed E-state index contributed by atoms with van der Waals surface area (Å²) in [6, 6.07) is 0. The Kier molecular flexibility index (Phi) is 5.77. The molecule has 3 heteroatoms. The van der Waals surface area contributed by atoms with Gasteiger partial charge in [-0.05, 0) is 12.3 Å². The molecule has 0 aromatic rings. The van der Waals surface area contributed by atoms with Gasteiger partial charge in [-0.15, -0.1) is 0 Å². The number of rotatable bonds is 6. The number of ether oxygens (including phenoxy) is 2. The van der Waals surface area contributed by atoms with Gasteiger partial charge in [0, 0.05) is 7.11 Å². The van der Waals surface area contributed by atoms with Crippen LogP contribution in [0.2, 0.25) is 0 Å². The first-order chi connectivity index (χ1) is 6.49. The number of methoxy groups -OCH3 is 1. The van der Waals surface area contributed by atoms with Crippen molar-refractivity contribution in [2.45, 2.75) is 34.1 Å². The van der Waals surface area contributed by atoms with Gasteiger partial charge >= 0.3 is 5.97 Å². The fourth-order valence-electron chi connectivity index (χ4n) is 1.27. The van der Waals surface area contributed by atoms with Gasteiger partial charge in [-0.2, -0.15) is 0 Å². The van der Waals surface area contributed by atoms with Crippen molar-refractivity contribution in [2.24, 2.45) is 11.3 Å². The Morgan fingerprint density at radius 2 is 1.93 bits per heavy atom. The zero-order chi connectivity index (χ0) is 11.2. The first-order valence-electron chi connectivity index (χ1n) is 5.15. The molecule has 1 atom stereocenters. The molecule has 3 nitrogen and oxygen atoms in total. The van der Waals surface area contributed by atoms with E-state index in [1.165, 1.54) is 0 Å². The number of hydrogen-bond acceptors (Lipinski definition) is 3. The van der Waals surface area contributed by atoms with Gasteiger partial charge in [-0.25, -0.2) is 0 Å². The van der Waals surface area contributed by atoms with Gasteiger partial charge in [-0.3, -0.25) is 4.79 Å². The van der Waals surface area contributed by atoms with Crippen LogP contribution in [0.1, 0.15) is 34.1 Å². The second-order valence-electron chi connectivity index (χ2n) is 4.10. The van der Waals surface area contributed by atoms with Crippen molar-refractivity contribution < 1.29 is 14.3 Å². The standard InChI is InChI=1S/C11H22O3/c1-6-11(3,4)9(8-13-5)10(12)14-7-2/h9H,6-8H2,1-5H3. The van der Waals surface area contributed by atoms with Gasteiger partial charge in [0.1, 0.15) is 0 Å². The van der Waals surface area contributed by atoms with Gasteiger partial charge in [0.2, 0.25) is 0 Å². The molecule has 0 bridgehead atoms. The zero-order valence-electron chi connectivity index (χ0n) is 9.92. The maximum atomic E-state index is 11.6. The Hall–Kier alpha value is -0.570. The summed E-state index contributed by atoms with van der Waals surface area (Å²) in [5, 5.41) is 0. The Morgan fingerprint density at radius 1 is 1.36 bits per heavy atom. The van der Waals surface area contributed by atoms with Gasteiger partial charge in [-0.1, -0.05) is 27.2 Å². The van der Waals surface area contributed by atoms with E-state index in [9.17, 15) is 4.79 Å². The second kappa shape index (κ2) is 6.02. The molecule has 0 aromatic heterocycles. The summed E-state index contributed by atoms with van der Waals surface area (Å²) >= 11 is 0. The number of carbonyl (C=O) groups is 1. The lowest BCUT2D eigenvalue weighted by Gasteiger charge is -2.30. The highest BCUT2D eigenvalue weighted by molar-refractivity contribution is 5.73. The molecule has 0 aliphatic heterocycles. The van der Waals surface area contributed by atoms with Crippen LogP contribution >= 0.6 is 0 Å². The third kappa shape index (κ3) is 3.66. The highest BCUT2D eigenvalue weighted by Crippen LogP contribution is 2.31. The Balaban J connectivity index is 4.49. The molecule has 0 aliphatic carbocycles. The van der Waals surface area contributed by atoms with Gasteiger partial charge in [0.05, 0.1) is 19.1 Å².